The van der Waals surface area contributed by atoms with Gasteiger partial charge in [-0.3, -0.25) is 14.0 Å². The van der Waals surface area contributed by atoms with Gasteiger partial charge >= 0.3 is 0 Å². The number of hydrogen-bond acceptors (Lipinski definition) is 2. The van der Waals surface area contributed by atoms with Gasteiger partial charge in [-0.1, -0.05) is 12.1 Å². The lowest BCUT2D eigenvalue weighted by atomic mass is 10.2. The molecule has 0 spiro atoms. The third-order valence-corrected chi connectivity index (χ3v) is 2.61. The number of hydrogen-bond donors (Lipinski definition) is 1. The number of rotatable bonds is 0. The van der Waals surface area contributed by atoms with Crippen LogP contribution in [0.2, 0.25) is 0 Å². The zero-order chi connectivity index (χ0) is 11.1. The quantitative estimate of drug-likeness (QED) is 0.607. The average Bonchev–Trinajstić information content (AvgIpc) is 2.74. The summed E-state index contributed by atoms with van der Waals surface area (Å²) in [5.74, 6) is 0. The molecule has 2 heterocycles. The largest absolute Gasteiger partial charge is 0.320 e. The summed E-state index contributed by atoms with van der Waals surface area (Å²) < 4.78 is 1.36. The van der Waals surface area contributed by atoms with Gasteiger partial charge in [0.25, 0.3) is 11.1 Å². The van der Waals surface area contributed by atoms with Crippen LogP contribution in [-0.2, 0) is 0 Å². The second-order valence-electron chi connectivity index (χ2n) is 3.57. The highest BCUT2D eigenvalue weighted by molar-refractivity contribution is 5.77. The molecule has 3 aromatic rings. The highest BCUT2D eigenvalue weighted by Crippen LogP contribution is 2.04. The summed E-state index contributed by atoms with van der Waals surface area (Å²) in [6.07, 6.45) is 1.60. The maximum atomic E-state index is 12.1. The molecule has 4 nitrogen and oxygen atoms in total. The van der Waals surface area contributed by atoms with E-state index in [1.807, 2.05) is 0 Å². The first-order valence-electron chi connectivity index (χ1n) is 4.90. The number of aromatic amines is 1. The first kappa shape index (κ1) is 8.91. The van der Waals surface area contributed by atoms with Gasteiger partial charge in [0.2, 0.25) is 0 Å². The van der Waals surface area contributed by atoms with Crippen LogP contribution in [0.3, 0.4) is 0 Å². The number of fused-ring (bicyclic) bond motifs is 2. The number of benzene rings is 1. The maximum Gasteiger partial charge on any atom is 0.272 e. The van der Waals surface area contributed by atoms with Crippen LogP contribution in [0.1, 0.15) is 0 Å². The van der Waals surface area contributed by atoms with Gasteiger partial charge in [-0.25, -0.2) is 0 Å². The fraction of sp³-hybridized carbons (Fsp3) is 0. The van der Waals surface area contributed by atoms with E-state index in [9.17, 15) is 9.59 Å². The minimum atomic E-state index is -0.261. The van der Waals surface area contributed by atoms with E-state index in [1.54, 1.807) is 42.6 Å². The van der Waals surface area contributed by atoms with Crippen LogP contribution in [0.5, 0.6) is 0 Å². The SMILES string of the molecule is O=c1[nH]c2ccccc2c(=O)n2cccc12. The lowest BCUT2D eigenvalue weighted by Gasteiger charge is -1.88. The Hall–Kier alpha value is -2.36. The standard InChI is InChI=1S/C12H8N2O2/c15-11-10-6-3-7-14(10)12(16)8-4-1-2-5-9(8)13-11/h1-7H,(H,13,15). The van der Waals surface area contributed by atoms with Gasteiger partial charge in [-0.05, 0) is 24.3 Å². The van der Waals surface area contributed by atoms with Gasteiger partial charge in [0.15, 0.2) is 0 Å². The van der Waals surface area contributed by atoms with Crippen molar-refractivity contribution < 1.29 is 0 Å². The van der Waals surface area contributed by atoms with Crippen LogP contribution >= 0.6 is 0 Å². The molecule has 0 amide bonds. The summed E-state index contributed by atoms with van der Waals surface area (Å²) in [5.41, 5.74) is 0.472. The number of nitrogens with zero attached hydrogens (tertiary/aromatic N) is 1. The Morgan fingerprint density at radius 2 is 1.81 bits per heavy atom. The van der Waals surface area contributed by atoms with Crippen molar-refractivity contribution >= 4 is 16.4 Å². The van der Waals surface area contributed by atoms with Crippen molar-refractivity contribution in [3.8, 4) is 0 Å². The minimum Gasteiger partial charge on any atom is -0.320 e. The molecule has 78 valence electrons. The Morgan fingerprint density at radius 3 is 2.69 bits per heavy atom. The number of H-pyrrole nitrogens is 1. The molecular weight excluding hydrogens is 204 g/mol. The average molecular weight is 212 g/mol. The minimum absolute atomic E-state index is 0.186. The molecule has 16 heavy (non-hydrogen) atoms. The normalized spacial score (nSPS) is 11.0. The summed E-state index contributed by atoms with van der Waals surface area (Å²) in [7, 11) is 0. The molecule has 0 aliphatic rings. The van der Waals surface area contributed by atoms with E-state index in [-0.39, 0.29) is 11.1 Å². The second-order valence-corrected chi connectivity index (χ2v) is 3.57. The molecule has 3 rings (SSSR count). The van der Waals surface area contributed by atoms with Gasteiger partial charge < -0.3 is 4.98 Å². The van der Waals surface area contributed by atoms with Crippen LogP contribution in [0.15, 0.2) is 52.2 Å². The molecule has 0 radical (unpaired) electrons. The van der Waals surface area contributed by atoms with Crippen LogP contribution in [-0.4, -0.2) is 9.38 Å². The molecule has 2 aromatic heterocycles. The zero-order valence-corrected chi connectivity index (χ0v) is 8.31. The number of para-hydroxylation sites is 1. The first-order valence-corrected chi connectivity index (χ1v) is 4.90. The van der Waals surface area contributed by atoms with Crippen LogP contribution in [0.4, 0.5) is 0 Å². The van der Waals surface area contributed by atoms with Gasteiger partial charge in [0, 0.05) is 6.20 Å². The molecular formula is C12H8N2O2. The fourth-order valence-electron chi connectivity index (χ4n) is 1.84. The Kier molecular flexibility index (Phi) is 1.71. The van der Waals surface area contributed by atoms with Gasteiger partial charge in [-0.2, -0.15) is 0 Å². The number of aromatic nitrogens is 2. The van der Waals surface area contributed by atoms with Crippen molar-refractivity contribution in [3.05, 3.63) is 63.3 Å². The van der Waals surface area contributed by atoms with Gasteiger partial charge in [0.1, 0.15) is 5.52 Å². The summed E-state index contributed by atoms with van der Waals surface area (Å²) in [6, 6.07) is 10.3. The molecule has 0 atom stereocenters. The molecule has 0 saturated heterocycles. The number of nitrogens with one attached hydrogen (secondary N) is 1. The topological polar surface area (TPSA) is 54.3 Å². The lowest BCUT2D eigenvalue weighted by Crippen LogP contribution is -2.10. The summed E-state index contributed by atoms with van der Waals surface area (Å²) >= 11 is 0. The van der Waals surface area contributed by atoms with Crippen LogP contribution in [0.25, 0.3) is 16.4 Å². The van der Waals surface area contributed by atoms with E-state index in [4.69, 9.17) is 0 Å². The predicted molar refractivity (Wildman–Crippen MR) is 61.8 cm³/mol. The Balaban J connectivity index is 2.80. The summed E-state index contributed by atoms with van der Waals surface area (Å²) in [6.45, 7) is 0. The van der Waals surface area contributed by atoms with E-state index in [2.05, 4.69) is 4.98 Å². The Labute approximate surface area is 89.8 Å². The van der Waals surface area contributed by atoms with E-state index in [0.29, 0.717) is 16.4 Å². The zero-order valence-electron chi connectivity index (χ0n) is 8.31. The van der Waals surface area contributed by atoms with Crippen molar-refractivity contribution in [3.63, 3.8) is 0 Å². The Bertz CT molecular complexity index is 799. The molecule has 0 bridgehead atoms. The summed E-state index contributed by atoms with van der Waals surface area (Å²) in [4.78, 5) is 26.6. The van der Waals surface area contributed by atoms with Gasteiger partial charge in [0.05, 0.1) is 10.9 Å². The van der Waals surface area contributed by atoms with Crippen LogP contribution in [0, 0.1) is 0 Å². The van der Waals surface area contributed by atoms with Crippen molar-refractivity contribution in [2.75, 3.05) is 0 Å². The molecule has 0 aliphatic heterocycles. The third kappa shape index (κ3) is 1.10. The fourth-order valence-corrected chi connectivity index (χ4v) is 1.84. The molecule has 0 fully saturated rings. The third-order valence-electron chi connectivity index (χ3n) is 2.61. The predicted octanol–water partition coefficient (Wildman–Crippen LogP) is 1.14. The molecule has 1 N–H and O–H groups in total. The Morgan fingerprint density at radius 1 is 1.00 bits per heavy atom. The first-order chi connectivity index (χ1) is 7.77. The molecule has 4 heteroatoms. The van der Waals surface area contributed by atoms with E-state index >= 15 is 0 Å². The van der Waals surface area contributed by atoms with Crippen molar-refractivity contribution in [2.24, 2.45) is 0 Å². The van der Waals surface area contributed by atoms with Crippen molar-refractivity contribution in [1.82, 2.24) is 9.38 Å². The highest BCUT2D eigenvalue weighted by Gasteiger charge is 2.03. The van der Waals surface area contributed by atoms with Crippen LogP contribution < -0.4 is 11.1 Å². The molecule has 1 aromatic carbocycles. The smallest absolute Gasteiger partial charge is 0.272 e. The van der Waals surface area contributed by atoms with Gasteiger partial charge in [-0.15, -0.1) is 0 Å². The molecule has 0 unspecified atom stereocenters. The van der Waals surface area contributed by atoms with Crippen molar-refractivity contribution in [2.45, 2.75) is 0 Å². The molecule has 0 aliphatic carbocycles. The maximum absolute atomic E-state index is 12.1. The van der Waals surface area contributed by atoms with E-state index < -0.39 is 0 Å². The second kappa shape index (κ2) is 3.06. The summed E-state index contributed by atoms with van der Waals surface area (Å²) in [5, 5.41) is 0.505. The monoisotopic (exact) mass is 212 g/mol. The van der Waals surface area contributed by atoms with Crippen molar-refractivity contribution in [1.29, 1.82) is 0 Å². The van der Waals surface area contributed by atoms with E-state index in [1.165, 1.54) is 4.40 Å². The van der Waals surface area contributed by atoms with E-state index in [0.717, 1.165) is 0 Å². The highest BCUT2D eigenvalue weighted by atomic mass is 16.1. The molecule has 0 saturated carbocycles. The lowest BCUT2D eigenvalue weighted by molar-refractivity contribution is 1.14.